The zero-order valence-electron chi connectivity index (χ0n) is 9.37. The van der Waals surface area contributed by atoms with Crippen molar-refractivity contribution in [3.63, 3.8) is 0 Å². The van der Waals surface area contributed by atoms with E-state index in [1.54, 1.807) is 0 Å². The normalized spacial score (nSPS) is 14.0. The van der Waals surface area contributed by atoms with Crippen molar-refractivity contribution in [3.8, 4) is 0 Å². The second-order valence-electron chi connectivity index (χ2n) is 4.11. The van der Waals surface area contributed by atoms with E-state index in [9.17, 15) is 31.1 Å². The third-order valence-corrected chi connectivity index (χ3v) is 2.26. The highest BCUT2D eigenvalue weighted by Gasteiger charge is 2.60. The lowest BCUT2D eigenvalue weighted by Crippen LogP contribution is -2.47. The lowest BCUT2D eigenvalue weighted by molar-refractivity contribution is -0.315. The Morgan fingerprint density at radius 3 is 1.65 bits per heavy atom. The number of ether oxygens (including phenoxy) is 1. The molecule has 0 rings (SSSR count). The molecule has 0 aromatic heterocycles. The van der Waals surface area contributed by atoms with E-state index in [1.807, 2.05) is 0 Å². The van der Waals surface area contributed by atoms with Gasteiger partial charge in [-0.1, -0.05) is 6.92 Å². The largest absolute Gasteiger partial charge is 0.442 e. The van der Waals surface area contributed by atoms with Crippen LogP contribution in [0.15, 0.2) is 0 Å². The van der Waals surface area contributed by atoms with Crippen LogP contribution in [0.1, 0.15) is 27.2 Å². The number of hydrogen-bond acceptors (Lipinski definition) is 2. The standard InChI is InChI=1S/C9H12F6O2/c1-4-7(2,3)6(16)17-5(8(10,11)12)9(13,14)15/h5H,4H2,1-3H3. The molecule has 0 amide bonds. The summed E-state index contributed by atoms with van der Waals surface area (Å²) in [6.07, 6.45) is -15.3. The summed E-state index contributed by atoms with van der Waals surface area (Å²) < 4.78 is 76.0. The highest BCUT2D eigenvalue weighted by molar-refractivity contribution is 5.76. The first-order valence-electron chi connectivity index (χ1n) is 4.67. The van der Waals surface area contributed by atoms with E-state index in [4.69, 9.17) is 0 Å². The quantitative estimate of drug-likeness (QED) is 0.577. The van der Waals surface area contributed by atoms with Crippen molar-refractivity contribution >= 4 is 5.97 Å². The van der Waals surface area contributed by atoms with Crippen LogP contribution in [0.4, 0.5) is 26.3 Å². The zero-order chi connectivity index (χ0) is 14.1. The summed E-state index contributed by atoms with van der Waals surface area (Å²) in [5, 5.41) is 0. The molecule has 2 nitrogen and oxygen atoms in total. The summed E-state index contributed by atoms with van der Waals surface area (Å²) >= 11 is 0. The van der Waals surface area contributed by atoms with Crippen LogP contribution in [-0.4, -0.2) is 24.4 Å². The maximum atomic E-state index is 12.1. The molecule has 17 heavy (non-hydrogen) atoms. The molecule has 0 unspecified atom stereocenters. The first-order valence-corrected chi connectivity index (χ1v) is 4.67. The van der Waals surface area contributed by atoms with Gasteiger partial charge in [-0.3, -0.25) is 4.79 Å². The van der Waals surface area contributed by atoms with Gasteiger partial charge in [0.2, 0.25) is 0 Å². The van der Waals surface area contributed by atoms with E-state index >= 15 is 0 Å². The summed E-state index contributed by atoms with van der Waals surface area (Å²) in [5.74, 6) is -1.53. The second-order valence-corrected chi connectivity index (χ2v) is 4.11. The number of alkyl halides is 6. The summed E-state index contributed by atoms with van der Waals surface area (Å²) in [6.45, 7) is 3.87. The van der Waals surface area contributed by atoms with Crippen LogP contribution in [0, 0.1) is 5.41 Å². The van der Waals surface area contributed by atoms with E-state index in [1.165, 1.54) is 20.8 Å². The number of hydrogen-bond donors (Lipinski definition) is 0. The summed E-state index contributed by atoms with van der Waals surface area (Å²) in [7, 11) is 0. The summed E-state index contributed by atoms with van der Waals surface area (Å²) in [5.41, 5.74) is -1.39. The van der Waals surface area contributed by atoms with Crippen molar-refractivity contribution in [1.29, 1.82) is 0 Å². The van der Waals surface area contributed by atoms with Crippen molar-refractivity contribution in [1.82, 2.24) is 0 Å². The Balaban J connectivity index is 4.99. The van der Waals surface area contributed by atoms with Crippen molar-refractivity contribution in [2.75, 3.05) is 0 Å². The Bertz CT molecular complexity index is 264. The molecule has 8 heteroatoms. The van der Waals surface area contributed by atoms with Gasteiger partial charge in [0.15, 0.2) is 0 Å². The van der Waals surface area contributed by atoms with Crippen LogP contribution in [0.2, 0.25) is 0 Å². The molecule has 102 valence electrons. The second kappa shape index (κ2) is 4.73. The predicted octanol–water partition coefficient (Wildman–Crippen LogP) is 3.46. The first kappa shape index (κ1) is 16.1. The monoisotopic (exact) mass is 266 g/mol. The van der Waals surface area contributed by atoms with Gasteiger partial charge in [0.05, 0.1) is 5.41 Å². The Morgan fingerprint density at radius 1 is 1.06 bits per heavy atom. The van der Waals surface area contributed by atoms with E-state index in [0.29, 0.717) is 0 Å². The Kier molecular flexibility index (Phi) is 4.47. The highest BCUT2D eigenvalue weighted by Crippen LogP contribution is 2.37. The van der Waals surface area contributed by atoms with E-state index in [2.05, 4.69) is 4.74 Å². The van der Waals surface area contributed by atoms with Crippen LogP contribution in [0.25, 0.3) is 0 Å². The van der Waals surface area contributed by atoms with Gasteiger partial charge in [0.1, 0.15) is 0 Å². The van der Waals surface area contributed by atoms with Crippen molar-refractivity contribution in [2.24, 2.45) is 5.41 Å². The topological polar surface area (TPSA) is 26.3 Å². The number of carbonyl (C=O) groups is 1. The zero-order valence-corrected chi connectivity index (χ0v) is 9.37. The van der Waals surface area contributed by atoms with Crippen LogP contribution < -0.4 is 0 Å². The molecule has 0 aliphatic rings. The molecular formula is C9H12F6O2. The smallest absolute Gasteiger partial charge is 0.434 e. The molecule has 0 aromatic rings. The fraction of sp³-hybridized carbons (Fsp3) is 0.889. The van der Waals surface area contributed by atoms with E-state index in [0.717, 1.165) is 0 Å². The van der Waals surface area contributed by atoms with E-state index < -0.39 is 29.8 Å². The molecule has 0 heterocycles. The molecule has 0 radical (unpaired) electrons. The van der Waals surface area contributed by atoms with Crippen LogP contribution in [0.5, 0.6) is 0 Å². The number of esters is 1. The third-order valence-electron chi connectivity index (χ3n) is 2.26. The maximum Gasteiger partial charge on any atom is 0.434 e. The fourth-order valence-electron chi connectivity index (χ4n) is 0.730. The molecule has 0 saturated carbocycles. The van der Waals surface area contributed by atoms with Crippen LogP contribution >= 0.6 is 0 Å². The molecule has 0 atom stereocenters. The van der Waals surface area contributed by atoms with Gasteiger partial charge in [-0.25, -0.2) is 0 Å². The fourth-order valence-corrected chi connectivity index (χ4v) is 0.730. The Labute approximate surface area is 93.9 Å². The average molecular weight is 266 g/mol. The lowest BCUT2D eigenvalue weighted by atomic mass is 9.90. The summed E-state index contributed by atoms with van der Waals surface area (Å²) in [6, 6.07) is 0. The molecule has 0 saturated heterocycles. The average Bonchev–Trinajstić information content (AvgIpc) is 2.09. The number of rotatable bonds is 3. The molecule has 0 fully saturated rings. The van der Waals surface area contributed by atoms with Gasteiger partial charge in [0, 0.05) is 0 Å². The van der Waals surface area contributed by atoms with Gasteiger partial charge in [-0.2, -0.15) is 26.3 Å². The molecule has 0 bridgehead atoms. The van der Waals surface area contributed by atoms with E-state index in [-0.39, 0.29) is 6.42 Å². The first-order chi connectivity index (χ1) is 7.32. The van der Waals surface area contributed by atoms with Gasteiger partial charge < -0.3 is 4.74 Å². The third kappa shape index (κ3) is 4.43. The maximum absolute atomic E-state index is 12.1. The van der Waals surface area contributed by atoms with Gasteiger partial charge in [-0.05, 0) is 20.3 Å². The van der Waals surface area contributed by atoms with Gasteiger partial charge >= 0.3 is 18.3 Å². The highest BCUT2D eigenvalue weighted by atomic mass is 19.4. The van der Waals surface area contributed by atoms with Crippen LogP contribution in [-0.2, 0) is 9.53 Å². The molecule has 0 aromatic carbocycles. The SMILES string of the molecule is CCC(C)(C)C(=O)OC(C(F)(F)F)C(F)(F)F. The lowest BCUT2D eigenvalue weighted by Gasteiger charge is -2.27. The molecular weight excluding hydrogens is 254 g/mol. The minimum Gasteiger partial charge on any atom is -0.442 e. The molecule has 0 N–H and O–H groups in total. The number of halogens is 6. The van der Waals surface area contributed by atoms with Crippen molar-refractivity contribution in [2.45, 2.75) is 45.6 Å². The molecule has 0 aliphatic carbocycles. The Hall–Kier alpha value is -0.950. The van der Waals surface area contributed by atoms with Crippen molar-refractivity contribution in [3.05, 3.63) is 0 Å². The van der Waals surface area contributed by atoms with Gasteiger partial charge in [-0.15, -0.1) is 0 Å². The molecule has 0 aliphatic heterocycles. The van der Waals surface area contributed by atoms with Crippen molar-refractivity contribution < 1.29 is 35.9 Å². The van der Waals surface area contributed by atoms with Gasteiger partial charge in [0.25, 0.3) is 6.10 Å². The van der Waals surface area contributed by atoms with Crippen LogP contribution in [0.3, 0.4) is 0 Å². The Morgan fingerprint density at radius 2 is 1.41 bits per heavy atom. The molecule has 0 spiro atoms. The minimum absolute atomic E-state index is 0.0638. The number of carbonyl (C=O) groups excluding carboxylic acids is 1. The summed E-state index contributed by atoms with van der Waals surface area (Å²) in [4.78, 5) is 11.2. The minimum atomic E-state index is -5.67. The predicted molar refractivity (Wildman–Crippen MR) is 46.1 cm³/mol.